The molecule has 52 heavy (non-hydrogen) atoms. The standard InChI is InChI=1S/C40H46O12/c1-17-8-30(43)51-16-39(47)25-11-24(25)37(3)26(39)12-22-19(14-50-29(42)7-6-28(41)49-13-17)15-52-40(22)27(37)10-21-20-9-23(20)38(4)32(21)33(40)31(34(44)35(38)45)18(2)36(46)48-5/h8,20,23-27,33,35,45,47H,6-7,9-16H2,1-5H3/b17-8+,31-18-/t20-,23-,24-,25+,26-,27?,33+,35+,37+,38+,39+,40-/m1/s1. The maximum absolute atomic E-state index is 14.6. The number of cyclic esters (lactones) is 3. The molecule has 2 heterocycles. The number of fused-ring (bicyclic) bond motifs is 7. The Hall–Kier alpha value is -3.61. The molecule has 7 aliphatic carbocycles. The quantitative estimate of drug-likeness (QED) is 0.176. The molecule has 278 valence electrons. The first kappa shape index (κ1) is 34.2. The van der Waals surface area contributed by atoms with Crippen molar-refractivity contribution in [1.82, 2.24) is 0 Å². The van der Waals surface area contributed by atoms with Gasteiger partial charge in [-0.15, -0.1) is 0 Å². The van der Waals surface area contributed by atoms with Crippen LogP contribution < -0.4 is 0 Å². The van der Waals surface area contributed by atoms with Crippen molar-refractivity contribution < 1.29 is 57.9 Å². The fraction of sp³-hybridized carbons (Fsp3) is 0.675. The molecule has 12 heteroatoms. The number of esters is 4. The van der Waals surface area contributed by atoms with Gasteiger partial charge in [0.1, 0.15) is 37.1 Å². The Balaban J connectivity index is 1.24. The minimum Gasteiger partial charge on any atom is -0.466 e. The zero-order chi connectivity index (χ0) is 36.9. The number of ketones is 1. The first-order chi connectivity index (χ1) is 24.6. The van der Waals surface area contributed by atoms with E-state index < -0.39 is 63.7 Å². The topological polar surface area (TPSA) is 172 Å². The highest BCUT2D eigenvalue weighted by Gasteiger charge is 2.83. The minimum absolute atomic E-state index is 0.0878. The zero-order valence-electron chi connectivity index (χ0n) is 30.2. The lowest BCUT2D eigenvalue weighted by Gasteiger charge is -2.64. The molecule has 12 nitrogen and oxygen atoms in total. The van der Waals surface area contributed by atoms with Gasteiger partial charge in [-0.25, -0.2) is 9.59 Å². The van der Waals surface area contributed by atoms with Crippen LogP contribution in [-0.2, 0) is 47.7 Å². The van der Waals surface area contributed by atoms with Gasteiger partial charge in [-0.1, -0.05) is 25.0 Å². The van der Waals surface area contributed by atoms with Crippen LogP contribution >= 0.6 is 0 Å². The second kappa shape index (κ2) is 11.0. The highest BCUT2D eigenvalue weighted by molar-refractivity contribution is 6.09. The van der Waals surface area contributed by atoms with Gasteiger partial charge in [0, 0.05) is 40.4 Å². The number of hydrogen-bond donors (Lipinski definition) is 2. The van der Waals surface area contributed by atoms with Crippen LogP contribution in [0.5, 0.6) is 0 Å². The summed E-state index contributed by atoms with van der Waals surface area (Å²) in [6.07, 6.45) is 2.11. The van der Waals surface area contributed by atoms with E-state index in [0.29, 0.717) is 24.0 Å². The van der Waals surface area contributed by atoms with E-state index in [1.165, 1.54) is 18.8 Å². The predicted molar refractivity (Wildman–Crippen MR) is 178 cm³/mol. The number of carbonyl (C=O) groups is 5. The fourth-order valence-corrected chi connectivity index (χ4v) is 12.8. The monoisotopic (exact) mass is 718 g/mol. The molecule has 0 amide bonds. The van der Waals surface area contributed by atoms with E-state index in [2.05, 4.69) is 6.92 Å². The Morgan fingerprint density at radius 2 is 1.63 bits per heavy atom. The highest BCUT2D eigenvalue weighted by Crippen LogP contribution is 2.83. The molecule has 1 spiro atoms. The van der Waals surface area contributed by atoms with E-state index in [0.717, 1.165) is 24.0 Å². The maximum atomic E-state index is 14.6. The number of aliphatic hydroxyl groups excluding tert-OH is 1. The number of hydrogen-bond acceptors (Lipinski definition) is 12. The first-order valence-electron chi connectivity index (χ1n) is 18.6. The van der Waals surface area contributed by atoms with Gasteiger partial charge in [-0.3, -0.25) is 14.4 Å². The van der Waals surface area contributed by atoms with Crippen molar-refractivity contribution in [1.29, 1.82) is 0 Å². The van der Waals surface area contributed by atoms with E-state index in [1.54, 1.807) is 13.8 Å². The lowest BCUT2D eigenvalue weighted by Crippen LogP contribution is -2.67. The summed E-state index contributed by atoms with van der Waals surface area (Å²) in [7, 11) is 1.27. The summed E-state index contributed by atoms with van der Waals surface area (Å²) in [6, 6.07) is 0. The second-order valence-electron chi connectivity index (χ2n) is 17.3. The third-order valence-corrected chi connectivity index (χ3v) is 15.2. The average Bonchev–Trinajstić information content (AvgIpc) is 4.03. The molecule has 2 N–H and O–H groups in total. The van der Waals surface area contributed by atoms with Crippen LogP contribution in [0.3, 0.4) is 0 Å². The molecule has 5 saturated carbocycles. The summed E-state index contributed by atoms with van der Waals surface area (Å²) >= 11 is 0. The maximum Gasteiger partial charge on any atom is 0.333 e. The number of carbonyl (C=O) groups excluding carboxylic acids is 5. The lowest BCUT2D eigenvalue weighted by atomic mass is 9.42. The molecular weight excluding hydrogens is 672 g/mol. The summed E-state index contributed by atoms with van der Waals surface area (Å²) in [6.45, 7) is 7.05. The van der Waals surface area contributed by atoms with Crippen LogP contribution in [0.1, 0.15) is 66.2 Å². The van der Waals surface area contributed by atoms with Crippen LogP contribution in [0, 0.1) is 52.3 Å². The Morgan fingerprint density at radius 3 is 2.35 bits per heavy atom. The lowest BCUT2D eigenvalue weighted by molar-refractivity contribution is -0.184. The zero-order valence-corrected chi connectivity index (χ0v) is 30.2. The Kier molecular flexibility index (Phi) is 7.21. The molecule has 0 radical (unpaired) electrons. The van der Waals surface area contributed by atoms with Crippen LogP contribution in [0.2, 0.25) is 0 Å². The molecule has 1 unspecified atom stereocenters. The third kappa shape index (κ3) is 4.17. The SMILES string of the molecule is COC(=O)/C(C)=C1\C(=O)[C@H](O)[C@]2(C)C3=C(CC4[C@@]5(C)[C@@H]6C[C@@H]6[C@@]6(O)COC(=O)/C=C(\C)COC(=O)CCC(=O)OCC7=C(C[C@@H]65)[C@]4(OC7)[C@H]31)[C@H]1C[C@H]12. The van der Waals surface area contributed by atoms with Crippen molar-refractivity contribution in [3.05, 3.63) is 45.1 Å². The minimum atomic E-state index is -1.36. The van der Waals surface area contributed by atoms with Crippen LogP contribution in [0.4, 0.5) is 0 Å². The van der Waals surface area contributed by atoms with Crippen molar-refractivity contribution in [3.63, 3.8) is 0 Å². The summed E-state index contributed by atoms with van der Waals surface area (Å²) in [5.74, 6) is -4.05. The number of allylic oxidation sites excluding steroid dienone is 1. The van der Waals surface area contributed by atoms with Gasteiger partial charge in [-0.2, -0.15) is 0 Å². The number of Topliss-reactive ketones (excluding diaryl/α,β-unsaturated/α-hetero) is 1. The Labute approximate surface area is 301 Å². The molecule has 2 aliphatic heterocycles. The van der Waals surface area contributed by atoms with Crippen molar-refractivity contribution in [2.24, 2.45) is 52.3 Å². The van der Waals surface area contributed by atoms with Crippen LogP contribution in [-0.4, -0.2) is 90.7 Å². The molecule has 0 aromatic heterocycles. The van der Waals surface area contributed by atoms with Gasteiger partial charge in [0.15, 0.2) is 5.78 Å². The van der Waals surface area contributed by atoms with Crippen LogP contribution in [0.15, 0.2) is 45.1 Å². The summed E-state index contributed by atoms with van der Waals surface area (Å²) < 4.78 is 29.1. The fourth-order valence-electron chi connectivity index (χ4n) is 12.8. The van der Waals surface area contributed by atoms with Crippen molar-refractivity contribution in [2.45, 2.75) is 83.5 Å². The van der Waals surface area contributed by atoms with Gasteiger partial charge in [0.2, 0.25) is 0 Å². The normalized spacial score (nSPS) is 48.1. The third-order valence-electron chi connectivity index (χ3n) is 15.2. The molecule has 12 atom stereocenters. The van der Waals surface area contributed by atoms with Gasteiger partial charge < -0.3 is 33.9 Å². The molecule has 9 rings (SSSR count). The number of rotatable bonds is 1. The molecule has 0 aromatic rings. The first-order valence-corrected chi connectivity index (χ1v) is 18.6. The molecule has 5 fully saturated rings. The number of aliphatic hydroxyl groups is 2. The summed E-state index contributed by atoms with van der Waals surface area (Å²) in [5.41, 5.74) is 0.694. The summed E-state index contributed by atoms with van der Waals surface area (Å²) in [5, 5.41) is 24.6. The number of methoxy groups -OCH3 is 1. The van der Waals surface area contributed by atoms with E-state index in [1.807, 2.05) is 6.92 Å². The van der Waals surface area contributed by atoms with Crippen LogP contribution in [0.25, 0.3) is 0 Å². The van der Waals surface area contributed by atoms with Gasteiger partial charge >= 0.3 is 23.9 Å². The van der Waals surface area contributed by atoms with E-state index >= 15 is 0 Å². The number of ether oxygens (including phenoxy) is 5. The van der Waals surface area contributed by atoms with Gasteiger partial charge in [0.25, 0.3) is 0 Å². The molecule has 9 aliphatic rings. The Morgan fingerprint density at radius 1 is 0.923 bits per heavy atom. The predicted octanol–water partition coefficient (Wildman–Crippen LogP) is 2.85. The largest absolute Gasteiger partial charge is 0.466 e. The molecule has 2 bridgehead atoms. The molecule has 0 saturated heterocycles. The average molecular weight is 719 g/mol. The van der Waals surface area contributed by atoms with Gasteiger partial charge in [-0.05, 0) is 85.3 Å². The van der Waals surface area contributed by atoms with E-state index in [9.17, 15) is 34.2 Å². The van der Waals surface area contributed by atoms with E-state index in [4.69, 9.17) is 23.7 Å². The molecule has 0 aromatic carbocycles. The van der Waals surface area contributed by atoms with E-state index in [-0.39, 0.29) is 85.9 Å². The van der Waals surface area contributed by atoms with Crippen molar-refractivity contribution in [2.75, 3.05) is 33.5 Å². The Bertz CT molecular complexity index is 1880. The van der Waals surface area contributed by atoms with Gasteiger partial charge in [0.05, 0.1) is 26.6 Å². The highest BCUT2D eigenvalue weighted by atomic mass is 16.6. The second-order valence-corrected chi connectivity index (χ2v) is 17.3. The smallest absolute Gasteiger partial charge is 0.333 e. The van der Waals surface area contributed by atoms with Crippen molar-refractivity contribution >= 4 is 29.7 Å². The summed E-state index contributed by atoms with van der Waals surface area (Å²) in [4.78, 5) is 66.4. The molecular formula is C40H46O12. The van der Waals surface area contributed by atoms with Crippen molar-refractivity contribution in [3.8, 4) is 0 Å².